The van der Waals surface area contributed by atoms with E-state index < -0.39 is 5.41 Å². The Bertz CT molecular complexity index is 3050. The van der Waals surface area contributed by atoms with Crippen LogP contribution >= 0.6 is 11.8 Å². The Labute approximate surface area is 416 Å². The van der Waals surface area contributed by atoms with E-state index in [1.807, 2.05) is 44.0 Å². The van der Waals surface area contributed by atoms with Crippen LogP contribution in [0.4, 0.5) is 5.69 Å². The lowest BCUT2D eigenvalue weighted by Gasteiger charge is -2.38. The summed E-state index contributed by atoms with van der Waals surface area (Å²) in [5, 5.41) is 3.47. The molecule has 8 rings (SSSR count). The van der Waals surface area contributed by atoms with Crippen molar-refractivity contribution in [1.29, 1.82) is 0 Å². The Hall–Kier alpha value is -7.65. The number of hydrogen-bond donors (Lipinski definition) is 1. The normalized spacial score (nSPS) is 21.1. The minimum atomic E-state index is -0.423. The Morgan fingerprint density at radius 1 is 0.652 bits per heavy atom. The molecule has 0 saturated carbocycles. The third-order valence-electron chi connectivity index (χ3n) is 12.4. The molecule has 69 heavy (non-hydrogen) atoms. The molecule has 5 aromatic carbocycles. The molecule has 1 unspecified atom stereocenters. The summed E-state index contributed by atoms with van der Waals surface area (Å²) in [6.07, 6.45) is 41.3. The zero-order valence-corrected chi connectivity index (χ0v) is 41.5. The van der Waals surface area contributed by atoms with Gasteiger partial charge in [-0.3, -0.25) is 0 Å². The van der Waals surface area contributed by atoms with E-state index in [9.17, 15) is 0 Å². The molecular formula is C67H63NS. The number of rotatable bonds is 11. The van der Waals surface area contributed by atoms with Gasteiger partial charge in [0.05, 0.1) is 5.41 Å². The van der Waals surface area contributed by atoms with Gasteiger partial charge in [0.1, 0.15) is 0 Å². The Kier molecular flexibility index (Phi) is 17.4. The van der Waals surface area contributed by atoms with Crippen molar-refractivity contribution in [1.82, 2.24) is 0 Å². The number of benzene rings is 5. The van der Waals surface area contributed by atoms with Crippen LogP contribution < -0.4 is 5.32 Å². The summed E-state index contributed by atoms with van der Waals surface area (Å²) in [6.45, 7) is 19.4. The molecule has 2 heteroatoms. The number of nitrogens with one attached hydrogen (secondary N) is 1. The highest BCUT2D eigenvalue weighted by Crippen LogP contribution is 2.56. The van der Waals surface area contributed by atoms with Gasteiger partial charge in [-0.25, -0.2) is 0 Å². The zero-order chi connectivity index (χ0) is 48.4. The summed E-state index contributed by atoms with van der Waals surface area (Å²) in [6, 6.07) is 47.1. The molecule has 342 valence electrons. The topological polar surface area (TPSA) is 12.0 Å². The summed E-state index contributed by atoms with van der Waals surface area (Å²) in [4.78, 5) is 1.14. The largest absolute Gasteiger partial charge is 0.362 e. The number of hydrogen-bond acceptors (Lipinski definition) is 2. The number of fused-ring (bicyclic) bond motifs is 3. The molecule has 0 bridgehead atoms. The van der Waals surface area contributed by atoms with Crippen molar-refractivity contribution in [2.45, 2.75) is 40.0 Å². The van der Waals surface area contributed by atoms with Crippen molar-refractivity contribution in [2.24, 2.45) is 0 Å². The van der Waals surface area contributed by atoms with E-state index in [0.717, 1.165) is 49.8 Å². The molecule has 1 N–H and O–H groups in total. The van der Waals surface area contributed by atoms with Crippen LogP contribution in [-0.4, -0.2) is 5.75 Å². The van der Waals surface area contributed by atoms with Crippen molar-refractivity contribution in [3.8, 4) is 22.3 Å². The highest BCUT2D eigenvalue weighted by atomic mass is 32.2. The minimum absolute atomic E-state index is 0.423. The number of anilines is 1. The smallest absolute Gasteiger partial charge is 0.0559 e. The standard InChI is InChI=1S/C65H57NS.C2H6/c1-6-25-58-48(4)56-34-22-23-39-62(56)65(47-67-64(58)8-3)61(26-7-2)49(5)57-35-19-18-28-50(27-12-9-17-38-63(57)65)40-41-54(60-37-21-20-36-59(60)53-31-15-11-16-32-53)33-24-46-66-55-44-42-52(43-45-55)51-29-13-10-14-30-51;1-2/h6-46,66H,3-4,47H2,1-2,5H3;1-2H3/b12-9+,17-9?,19-18?,25-6-,26-7-,27-12?,28-18-,35-19-,38-17+,41-40-,46-24+,50-27+,50-28?,54-33+,57-35?,63-38?,64-58-;. The molecule has 5 aromatic rings. The molecule has 0 fully saturated rings. The van der Waals surface area contributed by atoms with Crippen LogP contribution in [0.25, 0.3) is 33.4 Å². The summed E-state index contributed by atoms with van der Waals surface area (Å²) >= 11 is 1.86. The summed E-state index contributed by atoms with van der Waals surface area (Å²) in [5.41, 5.74) is 18.3. The summed E-state index contributed by atoms with van der Waals surface area (Å²) in [7, 11) is 0. The van der Waals surface area contributed by atoms with Gasteiger partial charge in [0.25, 0.3) is 0 Å². The predicted molar refractivity (Wildman–Crippen MR) is 306 cm³/mol. The fourth-order valence-electron chi connectivity index (χ4n) is 9.22. The highest BCUT2D eigenvalue weighted by Gasteiger charge is 2.46. The van der Waals surface area contributed by atoms with Crippen molar-refractivity contribution in [3.05, 3.63) is 317 Å². The lowest BCUT2D eigenvalue weighted by atomic mass is 9.69. The van der Waals surface area contributed by atoms with Gasteiger partial charge in [-0.05, 0) is 123 Å². The second-order valence-electron chi connectivity index (χ2n) is 16.5. The first-order valence-corrected chi connectivity index (χ1v) is 25.0. The second-order valence-corrected chi connectivity index (χ2v) is 17.5. The van der Waals surface area contributed by atoms with Gasteiger partial charge in [0.15, 0.2) is 0 Å². The number of allylic oxidation sites excluding steroid dienone is 26. The Morgan fingerprint density at radius 2 is 1.29 bits per heavy atom. The third kappa shape index (κ3) is 11.2. The van der Waals surface area contributed by atoms with Crippen molar-refractivity contribution in [3.63, 3.8) is 0 Å². The van der Waals surface area contributed by atoms with Crippen molar-refractivity contribution < 1.29 is 0 Å². The van der Waals surface area contributed by atoms with Crippen LogP contribution in [0.3, 0.4) is 0 Å². The molecule has 2 aliphatic carbocycles. The van der Waals surface area contributed by atoms with Gasteiger partial charge in [0.2, 0.25) is 0 Å². The van der Waals surface area contributed by atoms with Crippen LogP contribution in [0.1, 0.15) is 51.3 Å². The van der Waals surface area contributed by atoms with Crippen LogP contribution in [0.2, 0.25) is 0 Å². The quantitative estimate of drug-likeness (QED) is 0.133. The fourth-order valence-corrected chi connectivity index (χ4v) is 10.5. The van der Waals surface area contributed by atoms with E-state index in [2.05, 4.69) is 263 Å². The second kappa shape index (κ2) is 24.4. The van der Waals surface area contributed by atoms with Crippen LogP contribution in [0, 0.1) is 0 Å². The average molecular weight is 914 g/mol. The van der Waals surface area contributed by atoms with Gasteiger partial charge >= 0.3 is 0 Å². The maximum Gasteiger partial charge on any atom is 0.0559 e. The molecule has 0 amide bonds. The summed E-state index contributed by atoms with van der Waals surface area (Å²) in [5.74, 6) is 0.818. The van der Waals surface area contributed by atoms with Gasteiger partial charge in [-0.2, -0.15) is 0 Å². The predicted octanol–water partition coefficient (Wildman–Crippen LogP) is 18.7. The molecule has 0 aromatic heterocycles. The van der Waals surface area contributed by atoms with Crippen LogP contribution in [-0.2, 0) is 5.41 Å². The lowest BCUT2D eigenvalue weighted by molar-refractivity contribution is 0.711. The molecule has 0 saturated heterocycles. The van der Waals surface area contributed by atoms with Gasteiger partial charge in [-0.15, -0.1) is 11.8 Å². The molecule has 3 aliphatic rings. The Morgan fingerprint density at radius 3 is 2.01 bits per heavy atom. The minimum Gasteiger partial charge on any atom is -0.362 e. The Balaban J connectivity index is 0.00000347. The SMILES string of the molecule is C=C/C1=C(\C=C/C)C(=C)c2ccccc2C2(CS1)C(/C=C\C)=C(C)C1=C2/C=C/C=C/C=C(/C=C\C(=C/C=C/Nc2ccc(-c3ccccc3)cc2)c2ccccc2-c2ccccc2)\C=C/C=C\1.CC. The third-order valence-corrected chi connectivity index (χ3v) is 13.7. The fraction of sp³-hybridized carbons (Fsp3) is 0.104. The molecule has 1 spiro atoms. The van der Waals surface area contributed by atoms with E-state index >= 15 is 0 Å². The van der Waals surface area contributed by atoms with E-state index in [4.69, 9.17) is 6.58 Å². The monoisotopic (exact) mass is 913 g/mol. The van der Waals surface area contributed by atoms with E-state index in [1.54, 1.807) is 0 Å². The van der Waals surface area contributed by atoms with Crippen molar-refractivity contribution >= 4 is 28.6 Å². The maximum atomic E-state index is 4.70. The molecular weight excluding hydrogens is 851 g/mol. The molecule has 1 aliphatic heterocycles. The molecule has 1 atom stereocenters. The van der Waals surface area contributed by atoms with E-state index in [0.29, 0.717) is 0 Å². The average Bonchev–Trinajstić information content (AvgIpc) is 3.61. The van der Waals surface area contributed by atoms with Crippen LogP contribution in [0.15, 0.2) is 301 Å². The zero-order valence-electron chi connectivity index (χ0n) is 40.7. The first kappa shape index (κ1) is 49.3. The van der Waals surface area contributed by atoms with Crippen molar-refractivity contribution in [2.75, 3.05) is 11.1 Å². The highest BCUT2D eigenvalue weighted by molar-refractivity contribution is 8.03. The van der Waals surface area contributed by atoms with Gasteiger partial charge < -0.3 is 5.32 Å². The first-order valence-electron chi connectivity index (χ1n) is 24.0. The van der Waals surface area contributed by atoms with Gasteiger partial charge in [-0.1, -0.05) is 252 Å². The van der Waals surface area contributed by atoms with Crippen LogP contribution in [0.5, 0.6) is 0 Å². The molecule has 1 heterocycles. The lowest BCUT2D eigenvalue weighted by Crippen LogP contribution is -2.33. The van der Waals surface area contributed by atoms with Gasteiger partial charge in [0, 0.05) is 22.5 Å². The summed E-state index contributed by atoms with van der Waals surface area (Å²) < 4.78 is 0. The van der Waals surface area contributed by atoms with E-state index in [-0.39, 0.29) is 0 Å². The van der Waals surface area contributed by atoms with E-state index in [1.165, 1.54) is 50.1 Å². The number of thioether (sulfide) groups is 1. The first-order chi connectivity index (χ1) is 34.0. The molecule has 0 radical (unpaired) electrons. The molecule has 1 nitrogen and oxygen atoms in total. The maximum absolute atomic E-state index is 4.70.